The number of hydrogen-bond donors (Lipinski definition) is 0. The maximum atomic E-state index is 2.90. The summed E-state index contributed by atoms with van der Waals surface area (Å²) in [5, 5.41) is 0. The van der Waals surface area contributed by atoms with Crippen LogP contribution >= 0.6 is 0 Å². The van der Waals surface area contributed by atoms with E-state index in [4.69, 9.17) is 0 Å². The SMILES string of the molecule is CCCCCC=C(C)CCCCC1CCCCC(CCCC)C(CCCCCCCCCC2C(C)CCCC3CCCCC4CCCCC(CCCC)C5CCCCCC4CC=CC3CCCCCC2CCCCCCCC(C(C)C)CCCC5)CCCCCC1CCCC. The molecule has 0 heterocycles. The van der Waals surface area contributed by atoms with Crippen LogP contribution < -0.4 is 0 Å². The van der Waals surface area contributed by atoms with Crippen LogP contribution in [0.5, 0.6) is 0 Å². The zero-order valence-electron chi connectivity index (χ0n) is 67.0. The van der Waals surface area contributed by atoms with Crippen molar-refractivity contribution in [2.45, 2.75) is 492 Å². The van der Waals surface area contributed by atoms with Crippen molar-refractivity contribution < 1.29 is 0 Å². The van der Waals surface area contributed by atoms with Crippen molar-refractivity contribution in [3.63, 3.8) is 0 Å². The topological polar surface area (TPSA) is 0 Å². The predicted molar refractivity (Wildman–Crippen MR) is 429 cm³/mol. The van der Waals surface area contributed by atoms with Crippen LogP contribution in [0.25, 0.3) is 0 Å². The van der Waals surface area contributed by atoms with E-state index in [1.54, 1.807) is 24.8 Å². The molecule has 0 aromatic carbocycles. The van der Waals surface area contributed by atoms with E-state index >= 15 is 0 Å². The minimum Gasteiger partial charge on any atom is -0.0880 e. The summed E-state index contributed by atoms with van der Waals surface area (Å²) in [6.07, 6.45) is 110. The molecule has 3 fully saturated rings. The molecule has 0 saturated heterocycles. The molecular formula is C95H178. The maximum absolute atomic E-state index is 2.90. The molecule has 0 radical (unpaired) electrons. The van der Waals surface area contributed by atoms with Gasteiger partial charge in [0.2, 0.25) is 0 Å². The van der Waals surface area contributed by atoms with Crippen molar-refractivity contribution in [3.05, 3.63) is 23.8 Å². The second-order valence-corrected chi connectivity index (χ2v) is 36.2. The maximum Gasteiger partial charge on any atom is -0.0205 e. The van der Waals surface area contributed by atoms with E-state index in [-0.39, 0.29) is 0 Å². The minimum absolute atomic E-state index is 0.837. The van der Waals surface area contributed by atoms with Crippen LogP contribution in [0.3, 0.4) is 0 Å². The Morgan fingerprint density at radius 2 is 0.705 bits per heavy atom. The summed E-state index contributed by atoms with van der Waals surface area (Å²) in [6, 6.07) is 0. The van der Waals surface area contributed by atoms with Crippen molar-refractivity contribution in [1.29, 1.82) is 0 Å². The third-order valence-corrected chi connectivity index (χ3v) is 28.4. The Bertz CT molecular complexity index is 1750. The summed E-state index contributed by atoms with van der Waals surface area (Å²) in [6.45, 7) is 20.1. The summed E-state index contributed by atoms with van der Waals surface area (Å²) in [7, 11) is 0. The summed E-state index contributed by atoms with van der Waals surface area (Å²) in [5.74, 6) is 14.3. The highest BCUT2D eigenvalue weighted by atomic mass is 14.4. The zero-order valence-corrected chi connectivity index (χ0v) is 67.0. The Morgan fingerprint density at radius 3 is 1.26 bits per heavy atom. The molecule has 5 aliphatic rings. The molecule has 14 unspecified atom stereocenters. The van der Waals surface area contributed by atoms with Gasteiger partial charge in [0.15, 0.2) is 0 Å². The van der Waals surface area contributed by atoms with E-state index in [0.717, 1.165) is 88.8 Å². The number of fused-ring (bicyclic) bond motifs is 11. The van der Waals surface area contributed by atoms with Gasteiger partial charge in [0.05, 0.1) is 0 Å². The highest BCUT2D eigenvalue weighted by molar-refractivity contribution is 4.98. The third kappa shape index (κ3) is 38.5. The number of allylic oxidation sites excluding steroid dienone is 4. The highest BCUT2D eigenvalue weighted by Gasteiger charge is 2.31. The molecule has 14 atom stereocenters. The summed E-state index contributed by atoms with van der Waals surface area (Å²) < 4.78 is 0. The molecule has 0 aromatic rings. The lowest BCUT2D eigenvalue weighted by Gasteiger charge is -2.33. The molecule has 0 spiro atoms. The quantitative estimate of drug-likeness (QED) is 0.0517. The van der Waals surface area contributed by atoms with Crippen LogP contribution in [-0.4, -0.2) is 0 Å². The number of hydrogen-bond acceptors (Lipinski definition) is 0. The van der Waals surface area contributed by atoms with Gasteiger partial charge in [0.25, 0.3) is 0 Å². The first-order valence-electron chi connectivity index (χ1n) is 46.1. The standard InChI is InChI=1S/C95H178/c1-9-13-17-29-52-81(7)53-40-41-66-89-70-46-44-67-85(56-15-11-3)87(62-34-26-33-61-84(89)55-14-10-2)60-31-22-19-18-20-25-39-79-95-82(8)54-50-76-93-73-49-48-72-90-71-47-45-68-86(57-16-12-4)88-63-35-27-36-64-91(90)77-51-78-92(93)65-37-28-38-75-94(95)74-32-24-21-23-30-58-83(80(5)6)59-42-43-69-88/h51-52,78,80,82-95H,9-50,53-77,79H2,1-8H3. The molecule has 4 bridgehead atoms. The second-order valence-electron chi connectivity index (χ2n) is 36.2. The number of rotatable bonds is 29. The third-order valence-electron chi connectivity index (χ3n) is 28.4. The van der Waals surface area contributed by atoms with E-state index in [1.807, 2.05) is 0 Å². The molecule has 0 aromatic heterocycles. The molecule has 95 heavy (non-hydrogen) atoms. The van der Waals surface area contributed by atoms with Crippen LogP contribution in [0.15, 0.2) is 23.8 Å². The fourth-order valence-corrected chi connectivity index (χ4v) is 21.9. The van der Waals surface area contributed by atoms with Gasteiger partial charge in [-0.25, -0.2) is 0 Å². The van der Waals surface area contributed by atoms with Crippen LogP contribution in [0.1, 0.15) is 492 Å². The Labute approximate surface area is 601 Å². The van der Waals surface area contributed by atoms with Crippen molar-refractivity contribution in [2.24, 2.45) is 88.8 Å². The van der Waals surface area contributed by atoms with Crippen molar-refractivity contribution >= 4 is 0 Å². The highest BCUT2D eigenvalue weighted by Crippen LogP contribution is 2.44. The van der Waals surface area contributed by atoms with E-state index in [1.165, 1.54) is 417 Å². The smallest absolute Gasteiger partial charge is 0.0205 e. The fourth-order valence-electron chi connectivity index (χ4n) is 21.9. The van der Waals surface area contributed by atoms with E-state index < -0.39 is 0 Å². The van der Waals surface area contributed by atoms with Gasteiger partial charge in [0, 0.05) is 0 Å². The molecule has 0 aliphatic heterocycles. The average Bonchev–Trinajstić information content (AvgIpc) is 2.32. The molecule has 558 valence electrons. The summed E-state index contributed by atoms with van der Waals surface area (Å²) >= 11 is 0. The van der Waals surface area contributed by atoms with E-state index in [9.17, 15) is 0 Å². The zero-order chi connectivity index (χ0) is 67.4. The van der Waals surface area contributed by atoms with E-state index in [2.05, 4.69) is 73.6 Å². The van der Waals surface area contributed by atoms with Gasteiger partial charge in [-0.15, -0.1) is 0 Å². The number of unbranched alkanes of at least 4 members (excludes halogenated alkanes) is 13. The van der Waals surface area contributed by atoms with Gasteiger partial charge in [-0.1, -0.05) is 445 Å². The molecule has 3 saturated carbocycles. The van der Waals surface area contributed by atoms with Gasteiger partial charge in [-0.2, -0.15) is 0 Å². The van der Waals surface area contributed by atoms with Gasteiger partial charge in [-0.05, 0) is 160 Å². The lowest BCUT2D eigenvalue weighted by atomic mass is 9.72. The normalized spacial score (nSPS) is 31.2. The van der Waals surface area contributed by atoms with Gasteiger partial charge in [-0.3, -0.25) is 0 Å². The Hall–Kier alpha value is -0.520. The monoisotopic (exact) mass is 1320 g/mol. The molecule has 0 amide bonds. The van der Waals surface area contributed by atoms with Crippen LogP contribution in [-0.2, 0) is 0 Å². The van der Waals surface area contributed by atoms with Crippen LogP contribution in [0.2, 0.25) is 0 Å². The largest absolute Gasteiger partial charge is 0.0880 e. The first-order chi connectivity index (χ1) is 46.7. The molecule has 0 N–H and O–H groups in total. The molecular weight excluding hydrogens is 1140 g/mol. The molecule has 5 rings (SSSR count). The van der Waals surface area contributed by atoms with Crippen LogP contribution in [0, 0.1) is 88.8 Å². The van der Waals surface area contributed by atoms with Crippen molar-refractivity contribution in [1.82, 2.24) is 0 Å². The minimum atomic E-state index is 0.837. The fraction of sp³-hybridized carbons (Fsp3) is 0.958. The van der Waals surface area contributed by atoms with Crippen molar-refractivity contribution in [3.8, 4) is 0 Å². The van der Waals surface area contributed by atoms with Gasteiger partial charge in [0.1, 0.15) is 0 Å². The molecule has 5 aliphatic carbocycles. The first kappa shape index (κ1) is 85.1. The average molecular weight is 1320 g/mol. The first-order valence-corrected chi connectivity index (χ1v) is 46.1. The van der Waals surface area contributed by atoms with Gasteiger partial charge >= 0.3 is 0 Å². The Morgan fingerprint density at radius 1 is 0.326 bits per heavy atom. The molecule has 0 heteroatoms. The van der Waals surface area contributed by atoms with Crippen molar-refractivity contribution in [2.75, 3.05) is 0 Å². The van der Waals surface area contributed by atoms with Crippen LogP contribution in [0.4, 0.5) is 0 Å². The summed E-state index contributed by atoms with van der Waals surface area (Å²) in [5.41, 5.74) is 1.67. The summed E-state index contributed by atoms with van der Waals surface area (Å²) in [4.78, 5) is 0. The van der Waals surface area contributed by atoms with Gasteiger partial charge < -0.3 is 0 Å². The molecule has 0 nitrogen and oxygen atoms in total. The van der Waals surface area contributed by atoms with E-state index in [0.29, 0.717) is 0 Å². The Balaban J connectivity index is 1.17. The lowest BCUT2D eigenvalue weighted by molar-refractivity contribution is 0.176. The predicted octanol–water partition coefficient (Wildman–Crippen LogP) is 33.5. The Kier molecular flexibility index (Phi) is 51.0. The lowest BCUT2D eigenvalue weighted by Crippen LogP contribution is -2.23. The second kappa shape index (κ2) is 57.0.